The van der Waals surface area contributed by atoms with Crippen molar-refractivity contribution >= 4 is 9.84 Å². The first-order valence-corrected chi connectivity index (χ1v) is 6.44. The highest BCUT2D eigenvalue weighted by atomic mass is 32.2. The van der Waals surface area contributed by atoms with Gasteiger partial charge in [0, 0.05) is 17.9 Å². The number of sulfone groups is 1. The highest BCUT2D eigenvalue weighted by Crippen LogP contribution is 2.20. The third kappa shape index (κ3) is 3.00. The van der Waals surface area contributed by atoms with E-state index < -0.39 is 15.7 Å². The number of halogens is 1. The number of benzene rings is 1. The number of hydrogen-bond acceptors (Lipinski definition) is 3. The van der Waals surface area contributed by atoms with Gasteiger partial charge in [0.25, 0.3) is 0 Å². The first-order chi connectivity index (χ1) is 6.82. The summed E-state index contributed by atoms with van der Waals surface area (Å²) in [7, 11) is -3.40. The molecular weight excluding hydrogens is 217 g/mol. The van der Waals surface area contributed by atoms with Gasteiger partial charge >= 0.3 is 0 Å². The van der Waals surface area contributed by atoms with Crippen molar-refractivity contribution in [1.82, 2.24) is 0 Å². The van der Waals surface area contributed by atoms with Crippen LogP contribution in [-0.4, -0.2) is 20.7 Å². The van der Waals surface area contributed by atoms with Gasteiger partial charge in [-0.2, -0.15) is 0 Å². The third-order valence-electron chi connectivity index (χ3n) is 2.00. The van der Waals surface area contributed by atoms with Crippen LogP contribution in [0.2, 0.25) is 0 Å². The van der Waals surface area contributed by atoms with Gasteiger partial charge in [-0.25, -0.2) is 12.8 Å². The molecule has 0 fully saturated rings. The largest absolute Gasteiger partial charge is 0.328 e. The van der Waals surface area contributed by atoms with Crippen molar-refractivity contribution in [3.05, 3.63) is 29.6 Å². The standard InChI is InChI=1S/C10H14FNO2S/c1-7(12)6-8-9(11)4-3-5-10(8)15(2,13)14/h3-5,7H,6,12H2,1-2H3. The zero-order valence-electron chi connectivity index (χ0n) is 8.70. The van der Waals surface area contributed by atoms with E-state index in [4.69, 9.17) is 5.73 Å². The molecule has 0 aliphatic rings. The van der Waals surface area contributed by atoms with Crippen LogP contribution in [0.25, 0.3) is 0 Å². The first-order valence-electron chi connectivity index (χ1n) is 4.55. The maximum Gasteiger partial charge on any atom is 0.175 e. The molecule has 15 heavy (non-hydrogen) atoms. The number of nitrogens with two attached hydrogens (primary N) is 1. The summed E-state index contributed by atoms with van der Waals surface area (Å²) >= 11 is 0. The smallest absolute Gasteiger partial charge is 0.175 e. The molecule has 0 heterocycles. The van der Waals surface area contributed by atoms with Gasteiger partial charge in [0.05, 0.1) is 4.90 Å². The van der Waals surface area contributed by atoms with Gasteiger partial charge < -0.3 is 5.73 Å². The molecule has 0 bridgehead atoms. The summed E-state index contributed by atoms with van der Waals surface area (Å²) < 4.78 is 36.2. The average Bonchev–Trinajstić information content (AvgIpc) is 2.05. The average molecular weight is 231 g/mol. The van der Waals surface area contributed by atoms with E-state index in [9.17, 15) is 12.8 Å². The Balaban J connectivity index is 3.33. The molecule has 0 aliphatic heterocycles. The minimum Gasteiger partial charge on any atom is -0.328 e. The molecule has 0 aliphatic carbocycles. The normalized spacial score (nSPS) is 13.9. The molecule has 5 heteroatoms. The monoisotopic (exact) mass is 231 g/mol. The fourth-order valence-corrected chi connectivity index (χ4v) is 2.36. The fourth-order valence-electron chi connectivity index (χ4n) is 1.41. The summed E-state index contributed by atoms with van der Waals surface area (Å²) in [5.74, 6) is -0.518. The van der Waals surface area contributed by atoms with Crippen molar-refractivity contribution in [3.8, 4) is 0 Å². The Hall–Kier alpha value is -0.940. The molecule has 0 radical (unpaired) electrons. The molecule has 0 amide bonds. The predicted octanol–water partition coefficient (Wildman–Crippen LogP) is 1.12. The molecule has 84 valence electrons. The van der Waals surface area contributed by atoms with E-state index >= 15 is 0 Å². The molecule has 3 nitrogen and oxygen atoms in total. The van der Waals surface area contributed by atoms with Crippen LogP contribution in [0, 0.1) is 5.82 Å². The Morgan fingerprint density at radius 3 is 2.53 bits per heavy atom. The molecule has 1 atom stereocenters. The third-order valence-corrected chi connectivity index (χ3v) is 3.18. The highest BCUT2D eigenvalue weighted by molar-refractivity contribution is 7.90. The van der Waals surface area contributed by atoms with Crippen molar-refractivity contribution < 1.29 is 12.8 Å². The molecule has 2 N–H and O–H groups in total. The Morgan fingerprint density at radius 1 is 1.47 bits per heavy atom. The van der Waals surface area contributed by atoms with E-state index in [0.29, 0.717) is 0 Å². The predicted molar refractivity (Wildman–Crippen MR) is 56.9 cm³/mol. The quantitative estimate of drug-likeness (QED) is 0.848. The van der Waals surface area contributed by atoms with Gasteiger partial charge in [0.2, 0.25) is 0 Å². The zero-order chi connectivity index (χ0) is 11.6. The van der Waals surface area contributed by atoms with E-state index in [1.807, 2.05) is 0 Å². The van der Waals surface area contributed by atoms with Gasteiger partial charge in [0.15, 0.2) is 9.84 Å². The van der Waals surface area contributed by atoms with Crippen LogP contribution in [-0.2, 0) is 16.3 Å². The lowest BCUT2D eigenvalue weighted by atomic mass is 10.1. The van der Waals surface area contributed by atoms with Crippen molar-refractivity contribution in [2.24, 2.45) is 5.73 Å². The van der Waals surface area contributed by atoms with Crippen molar-refractivity contribution in [2.75, 3.05) is 6.26 Å². The maximum absolute atomic E-state index is 13.4. The molecule has 1 rings (SSSR count). The lowest BCUT2D eigenvalue weighted by molar-refractivity contribution is 0.575. The van der Waals surface area contributed by atoms with Gasteiger partial charge in [-0.15, -0.1) is 0 Å². The van der Waals surface area contributed by atoms with Crippen LogP contribution < -0.4 is 5.73 Å². The molecule has 0 aromatic heterocycles. The zero-order valence-corrected chi connectivity index (χ0v) is 9.51. The molecule has 0 spiro atoms. The second kappa shape index (κ2) is 4.28. The van der Waals surface area contributed by atoms with Gasteiger partial charge in [0.1, 0.15) is 5.82 Å². The summed E-state index contributed by atoms with van der Waals surface area (Å²) in [4.78, 5) is 0.0276. The van der Waals surface area contributed by atoms with Crippen LogP contribution in [0.4, 0.5) is 4.39 Å². The van der Waals surface area contributed by atoms with Crippen molar-refractivity contribution in [3.63, 3.8) is 0 Å². The Morgan fingerprint density at radius 2 is 2.07 bits per heavy atom. The summed E-state index contributed by atoms with van der Waals surface area (Å²) in [6, 6.07) is 3.75. The second-order valence-electron chi connectivity index (χ2n) is 3.67. The van der Waals surface area contributed by atoms with Crippen LogP contribution in [0.5, 0.6) is 0 Å². The van der Waals surface area contributed by atoms with E-state index in [0.717, 1.165) is 6.26 Å². The lowest BCUT2D eigenvalue weighted by Gasteiger charge is -2.11. The Kier molecular flexibility index (Phi) is 3.46. The summed E-state index contributed by atoms with van der Waals surface area (Å²) in [5, 5.41) is 0. The maximum atomic E-state index is 13.4. The number of hydrogen-bond donors (Lipinski definition) is 1. The van der Waals surface area contributed by atoms with Gasteiger partial charge in [-0.3, -0.25) is 0 Å². The molecular formula is C10H14FNO2S. The minimum absolute atomic E-state index is 0.0276. The van der Waals surface area contributed by atoms with E-state index in [1.165, 1.54) is 18.2 Å². The SMILES string of the molecule is CC(N)Cc1c(F)cccc1S(C)(=O)=O. The van der Waals surface area contributed by atoms with Crippen LogP contribution >= 0.6 is 0 Å². The lowest BCUT2D eigenvalue weighted by Crippen LogP contribution is -2.20. The molecule has 0 saturated carbocycles. The summed E-state index contributed by atoms with van der Waals surface area (Å²) in [6.45, 7) is 1.71. The Bertz CT molecular complexity index is 454. The number of rotatable bonds is 3. The fraction of sp³-hybridized carbons (Fsp3) is 0.400. The van der Waals surface area contributed by atoms with E-state index in [2.05, 4.69) is 0 Å². The van der Waals surface area contributed by atoms with E-state index in [-0.39, 0.29) is 22.9 Å². The van der Waals surface area contributed by atoms with Crippen LogP contribution in [0.15, 0.2) is 23.1 Å². The van der Waals surface area contributed by atoms with Crippen LogP contribution in [0.3, 0.4) is 0 Å². The highest BCUT2D eigenvalue weighted by Gasteiger charge is 2.17. The molecule has 1 unspecified atom stereocenters. The van der Waals surface area contributed by atoms with Crippen LogP contribution in [0.1, 0.15) is 12.5 Å². The van der Waals surface area contributed by atoms with Gasteiger partial charge in [-0.1, -0.05) is 6.07 Å². The molecule has 1 aromatic carbocycles. The van der Waals surface area contributed by atoms with Gasteiger partial charge in [-0.05, 0) is 25.5 Å². The summed E-state index contributed by atoms with van der Waals surface area (Å²) in [5.41, 5.74) is 5.72. The summed E-state index contributed by atoms with van der Waals surface area (Å²) in [6.07, 6.45) is 1.28. The van der Waals surface area contributed by atoms with E-state index in [1.54, 1.807) is 6.92 Å². The topological polar surface area (TPSA) is 60.2 Å². The minimum atomic E-state index is -3.40. The molecule has 0 saturated heterocycles. The van der Waals surface area contributed by atoms with Crippen molar-refractivity contribution in [1.29, 1.82) is 0 Å². The second-order valence-corrected chi connectivity index (χ2v) is 5.65. The Labute approximate surface area is 89.0 Å². The molecule has 1 aromatic rings. The van der Waals surface area contributed by atoms with Crippen molar-refractivity contribution in [2.45, 2.75) is 24.3 Å². The first kappa shape index (κ1) is 12.1.